The quantitative estimate of drug-likeness (QED) is 0.436. The number of halogens is 3. The van der Waals surface area contributed by atoms with E-state index in [1.807, 2.05) is 4.90 Å². The average molecular weight is 470 g/mol. The van der Waals surface area contributed by atoms with E-state index < -0.39 is 0 Å². The van der Waals surface area contributed by atoms with Gasteiger partial charge in [-0.3, -0.25) is 9.69 Å². The fourth-order valence-electron chi connectivity index (χ4n) is 4.29. The Labute approximate surface area is 197 Å². The number of nitrogens with zero attached hydrogens (tertiary/aromatic N) is 3. The van der Waals surface area contributed by atoms with Crippen molar-refractivity contribution in [3.05, 3.63) is 100 Å². The summed E-state index contributed by atoms with van der Waals surface area (Å²) in [6.45, 7) is 3.86. The lowest BCUT2D eigenvalue weighted by atomic mass is 9.87. The van der Waals surface area contributed by atoms with Crippen molar-refractivity contribution < 1.29 is 13.6 Å². The number of piperazine rings is 1. The Bertz CT molecular complexity index is 1000. The van der Waals surface area contributed by atoms with E-state index in [2.05, 4.69) is 9.88 Å². The van der Waals surface area contributed by atoms with E-state index in [4.69, 9.17) is 11.6 Å². The van der Waals surface area contributed by atoms with Gasteiger partial charge in [-0.15, -0.1) is 0 Å². The molecule has 33 heavy (non-hydrogen) atoms. The van der Waals surface area contributed by atoms with Gasteiger partial charge in [0, 0.05) is 38.3 Å². The van der Waals surface area contributed by atoms with Gasteiger partial charge in [-0.1, -0.05) is 35.9 Å². The van der Waals surface area contributed by atoms with Crippen molar-refractivity contribution in [3.8, 4) is 0 Å². The maximum atomic E-state index is 13.4. The van der Waals surface area contributed by atoms with Crippen LogP contribution in [0.2, 0.25) is 5.15 Å². The summed E-state index contributed by atoms with van der Waals surface area (Å²) >= 11 is 5.81. The summed E-state index contributed by atoms with van der Waals surface area (Å²) in [7, 11) is 0. The summed E-state index contributed by atoms with van der Waals surface area (Å²) in [5.41, 5.74) is 2.60. The first-order valence-electron chi connectivity index (χ1n) is 11.1. The molecule has 1 aliphatic rings. The van der Waals surface area contributed by atoms with Crippen LogP contribution in [0.4, 0.5) is 8.78 Å². The van der Waals surface area contributed by atoms with E-state index in [0.717, 1.165) is 43.6 Å². The standard InChI is InChI=1S/C26H26ClF2N3O/c27-25-12-7-21(18-30-25)26(33)32-16-14-31(15-17-32)13-1-2-24(19-3-8-22(28)9-4-19)20-5-10-23(29)11-6-20/h3-12,18,24H,1-2,13-17H2. The van der Waals surface area contributed by atoms with Crippen LogP contribution in [0.3, 0.4) is 0 Å². The van der Waals surface area contributed by atoms with Crippen LogP contribution in [0.5, 0.6) is 0 Å². The van der Waals surface area contributed by atoms with E-state index in [1.54, 1.807) is 36.4 Å². The first-order valence-corrected chi connectivity index (χ1v) is 11.5. The number of benzene rings is 2. The van der Waals surface area contributed by atoms with E-state index in [1.165, 1.54) is 30.5 Å². The molecule has 7 heteroatoms. The lowest BCUT2D eigenvalue weighted by molar-refractivity contribution is 0.0634. The van der Waals surface area contributed by atoms with Gasteiger partial charge in [0.25, 0.3) is 5.91 Å². The summed E-state index contributed by atoms with van der Waals surface area (Å²) in [6, 6.07) is 16.4. The van der Waals surface area contributed by atoms with Crippen LogP contribution in [0.15, 0.2) is 66.9 Å². The summed E-state index contributed by atoms with van der Waals surface area (Å²) in [5, 5.41) is 0.371. The van der Waals surface area contributed by atoms with Crippen LogP contribution < -0.4 is 0 Å². The first-order chi connectivity index (χ1) is 16.0. The Morgan fingerprint density at radius 2 is 1.45 bits per heavy atom. The molecule has 0 aliphatic carbocycles. The summed E-state index contributed by atoms with van der Waals surface area (Å²) in [5.74, 6) is -0.477. The van der Waals surface area contributed by atoms with Crippen LogP contribution in [0.1, 0.15) is 40.2 Å². The Morgan fingerprint density at radius 1 is 0.879 bits per heavy atom. The third-order valence-electron chi connectivity index (χ3n) is 6.15. The van der Waals surface area contributed by atoms with Gasteiger partial charge in [0.1, 0.15) is 16.8 Å². The Hall–Kier alpha value is -2.83. The summed E-state index contributed by atoms with van der Waals surface area (Å²) < 4.78 is 26.8. The number of hydrogen-bond acceptors (Lipinski definition) is 3. The zero-order valence-electron chi connectivity index (χ0n) is 18.3. The number of aromatic nitrogens is 1. The van der Waals surface area contributed by atoms with Gasteiger partial charge in [-0.05, 0) is 66.9 Å². The Kier molecular flexibility index (Phi) is 7.68. The molecule has 0 bridgehead atoms. The molecule has 172 valence electrons. The highest BCUT2D eigenvalue weighted by Gasteiger charge is 2.23. The van der Waals surface area contributed by atoms with Crippen molar-refractivity contribution in [2.45, 2.75) is 18.8 Å². The van der Waals surface area contributed by atoms with E-state index in [9.17, 15) is 13.6 Å². The molecule has 0 atom stereocenters. The van der Waals surface area contributed by atoms with E-state index >= 15 is 0 Å². The molecule has 2 aromatic carbocycles. The topological polar surface area (TPSA) is 36.4 Å². The molecule has 0 radical (unpaired) electrons. The molecular weight excluding hydrogens is 444 g/mol. The highest BCUT2D eigenvalue weighted by atomic mass is 35.5. The van der Waals surface area contributed by atoms with Gasteiger partial charge in [0.15, 0.2) is 0 Å². The lowest BCUT2D eigenvalue weighted by Gasteiger charge is -2.35. The molecule has 1 amide bonds. The minimum Gasteiger partial charge on any atom is -0.336 e. The molecule has 4 nitrogen and oxygen atoms in total. The maximum absolute atomic E-state index is 13.4. The number of pyridine rings is 1. The largest absolute Gasteiger partial charge is 0.336 e. The summed E-state index contributed by atoms with van der Waals surface area (Å²) in [4.78, 5) is 20.9. The molecule has 2 heterocycles. The highest BCUT2D eigenvalue weighted by molar-refractivity contribution is 6.29. The third-order valence-corrected chi connectivity index (χ3v) is 6.37. The smallest absolute Gasteiger partial charge is 0.255 e. The molecular formula is C26H26ClF2N3O. The third kappa shape index (κ3) is 6.15. The van der Waals surface area contributed by atoms with Crippen LogP contribution in [-0.4, -0.2) is 53.4 Å². The zero-order valence-corrected chi connectivity index (χ0v) is 19.0. The van der Waals surface area contributed by atoms with E-state index in [-0.39, 0.29) is 23.5 Å². The molecule has 0 unspecified atom stereocenters. The number of carbonyl (C=O) groups is 1. The van der Waals surface area contributed by atoms with Crippen LogP contribution in [-0.2, 0) is 0 Å². The van der Waals surface area contributed by atoms with Crippen LogP contribution in [0, 0.1) is 11.6 Å². The number of rotatable bonds is 7. The average Bonchev–Trinajstić information content (AvgIpc) is 2.84. The predicted molar refractivity (Wildman–Crippen MR) is 125 cm³/mol. The van der Waals surface area contributed by atoms with Crippen molar-refractivity contribution in [1.29, 1.82) is 0 Å². The molecule has 0 N–H and O–H groups in total. The first kappa shape index (κ1) is 23.3. The Morgan fingerprint density at radius 3 is 1.97 bits per heavy atom. The zero-order chi connectivity index (χ0) is 23.2. The molecule has 1 fully saturated rings. The molecule has 3 aromatic rings. The lowest BCUT2D eigenvalue weighted by Crippen LogP contribution is -2.48. The normalized spacial score (nSPS) is 14.6. The molecule has 4 rings (SSSR count). The highest BCUT2D eigenvalue weighted by Crippen LogP contribution is 2.30. The minimum absolute atomic E-state index is 0.0218. The number of amides is 1. The van der Waals surface area contributed by atoms with E-state index in [0.29, 0.717) is 23.8 Å². The second-order valence-corrected chi connectivity index (χ2v) is 8.69. The molecule has 1 aliphatic heterocycles. The molecule has 1 saturated heterocycles. The van der Waals surface area contributed by atoms with Gasteiger partial charge < -0.3 is 4.90 Å². The predicted octanol–water partition coefficient (Wildman–Crippen LogP) is 5.38. The number of hydrogen-bond donors (Lipinski definition) is 0. The van der Waals surface area contributed by atoms with Crippen molar-refractivity contribution in [2.24, 2.45) is 0 Å². The van der Waals surface area contributed by atoms with Crippen molar-refractivity contribution in [2.75, 3.05) is 32.7 Å². The van der Waals surface area contributed by atoms with Gasteiger partial charge in [-0.2, -0.15) is 0 Å². The second kappa shape index (κ2) is 10.9. The van der Waals surface area contributed by atoms with Crippen LogP contribution in [0.25, 0.3) is 0 Å². The minimum atomic E-state index is -0.265. The molecule has 0 spiro atoms. The van der Waals surface area contributed by atoms with Crippen LogP contribution >= 0.6 is 11.6 Å². The number of carbonyl (C=O) groups excluding carboxylic acids is 1. The molecule has 0 saturated carbocycles. The fraction of sp³-hybridized carbons (Fsp3) is 0.308. The van der Waals surface area contributed by atoms with Gasteiger partial charge >= 0.3 is 0 Å². The SMILES string of the molecule is O=C(c1ccc(Cl)nc1)N1CCN(CCCC(c2ccc(F)cc2)c2ccc(F)cc2)CC1. The van der Waals surface area contributed by atoms with Crippen molar-refractivity contribution in [1.82, 2.24) is 14.8 Å². The fourth-order valence-corrected chi connectivity index (χ4v) is 4.41. The van der Waals surface area contributed by atoms with Crippen molar-refractivity contribution in [3.63, 3.8) is 0 Å². The van der Waals surface area contributed by atoms with Gasteiger partial charge in [0.2, 0.25) is 0 Å². The monoisotopic (exact) mass is 469 g/mol. The molecule has 1 aromatic heterocycles. The van der Waals surface area contributed by atoms with Crippen molar-refractivity contribution >= 4 is 17.5 Å². The van der Waals surface area contributed by atoms with Gasteiger partial charge in [0.05, 0.1) is 5.56 Å². The Balaban J connectivity index is 1.31. The summed E-state index contributed by atoms with van der Waals surface area (Å²) in [6.07, 6.45) is 3.32. The second-order valence-electron chi connectivity index (χ2n) is 8.30. The van der Waals surface area contributed by atoms with Gasteiger partial charge in [-0.25, -0.2) is 13.8 Å². The maximum Gasteiger partial charge on any atom is 0.255 e.